The van der Waals surface area contributed by atoms with E-state index in [1.807, 2.05) is 38.1 Å². The molecule has 0 radical (unpaired) electrons. The molecule has 0 saturated carbocycles. The van der Waals surface area contributed by atoms with Crippen LogP contribution in [0.2, 0.25) is 0 Å². The van der Waals surface area contributed by atoms with Gasteiger partial charge in [0.2, 0.25) is 0 Å². The SMILES string of the molecule is Cc1cccc(C(=O)CCc2cccs2)c1C. The Kier molecular flexibility index (Phi) is 3.75. The number of hydrogen-bond donors (Lipinski definition) is 0. The summed E-state index contributed by atoms with van der Waals surface area (Å²) in [6.45, 7) is 4.07. The van der Waals surface area contributed by atoms with Crippen molar-refractivity contribution in [1.82, 2.24) is 0 Å². The molecule has 0 aliphatic rings. The van der Waals surface area contributed by atoms with E-state index in [0.29, 0.717) is 6.42 Å². The average Bonchev–Trinajstić information content (AvgIpc) is 2.82. The van der Waals surface area contributed by atoms with Crippen molar-refractivity contribution in [3.05, 3.63) is 57.3 Å². The minimum Gasteiger partial charge on any atom is -0.294 e. The Morgan fingerprint density at radius 2 is 2.00 bits per heavy atom. The number of aryl methyl sites for hydroxylation is 2. The quantitative estimate of drug-likeness (QED) is 0.737. The van der Waals surface area contributed by atoms with Crippen molar-refractivity contribution >= 4 is 17.1 Å². The number of hydrogen-bond acceptors (Lipinski definition) is 2. The van der Waals surface area contributed by atoms with Gasteiger partial charge < -0.3 is 0 Å². The van der Waals surface area contributed by atoms with Crippen LogP contribution in [0.1, 0.15) is 32.8 Å². The zero-order valence-corrected chi connectivity index (χ0v) is 11.0. The van der Waals surface area contributed by atoms with Crippen molar-refractivity contribution < 1.29 is 4.79 Å². The molecule has 88 valence electrons. The predicted octanol–water partition coefficient (Wildman–Crippen LogP) is 4.18. The van der Waals surface area contributed by atoms with Gasteiger partial charge in [0, 0.05) is 16.9 Å². The van der Waals surface area contributed by atoms with Gasteiger partial charge >= 0.3 is 0 Å². The van der Waals surface area contributed by atoms with Crippen LogP contribution in [0.4, 0.5) is 0 Å². The van der Waals surface area contributed by atoms with E-state index in [1.165, 1.54) is 10.4 Å². The van der Waals surface area contributed by atoms with E-state index in [2.05, 4.69) is 11.4 Å². The van der Waals surface area contributed by atoms with E-state index in [-0.39, 0.29) is 5.78 Å². The minimum absolute atomic E-state index is 0.250. The van der Waals surface area contributed by atoms with E-state index in [9.17, 15) is 4.79 Å². The van der Waals surface area contributed by atoms with Gasteiger partial charge in [0.1, 0.15) is 0 Å². The number of carbonyl (C=O) groups excluding carboxylic acids is 1. The highest BCUT2D eigenvalue weighted by Gasteiger charge is 2.10. The fourth-order valence-corrected chi connectivity index (χ4v) is 2.59. The second-order valence-corrected chi connectivity index (χ2v) is 5.28. The zero-order valence-electron chi connectivity index (χ0n) is 10.2. The van der Waals surface area contributed by atoms with Gasteiger partial charge in [0.05, 0.1) is 0 Å². The summed E-state index contributed by atoms with van der Waals surface area (Å²) in [5.74, 6) is 0.250. The zero-order chi connectivity index (χ0) is 12.3. The molecule has 0 unspecified atom stereocenters. The van der Waals surface area contributed by atoms with Crippen molar-refractivity contribution in [1.29, 1.82) is 0 Å². The van der Waals surface area contributed by atoms with Gasteiger partial charge in [-0.15, -0.1) is 11.3 Å². The Bertz CT molecular complexity index is 512. The van der Waals surface area contributed by atoms with Crippen LogP contribution in [0.5, 0.6) is 0 Å². The normalized spacial score (nSPS) is 10.5. The molecular weight excluding hydrogens is 228 g/mol. The van der Waals surface area contributed by atoms with Crippen molar-refractivity contribution in [2.45, 2.75) is 26.7 Å². The highest BCUT2D eigenvalue weighted by Crippen LogP contribution is 2.17. The van der Waals surface area contributed by atoms with Gasteiger partial charge in [-0.2, -0.15) is 0 Å². The smallest absolute Gasteiger partial charge is 0.163 e. The van der Waals surface area contributed by atoms with E-state index < -0.39 is 0 Å². The topological polar surface area (TPSA) is 17.1 Å². The van der Waals surface area contributed by atoms with E-state index >= 15 is 0 Å². The highest BCUT2D eigenvalue weighted by atomic mass is 32.1. The van der Waals surface area contributed by atoms with Crippen molar-refractivity contribution in [3.63, 3.8) is 0 Å². The molecule has 0 saturated heterocycles. The summed E-state index contributed by atoms with van der Waals surface area (Å²) in [4.78, 5) is 13.4. The van der Waals surface area contributed by atoms with Crippen molar-refractivity contribution in [2.75, 3.05) is 0 Å². The third kappa shape index (κ3) is 2.83. The lowest BCUT2D eigenvalue weighted by Gasteiger charge is -2.06. The molecule has 0 atom stereocenters. The van der Waals surface area contributed by atoms with E-state index in [4.69, 9.17) is 0 Å². The fraction of sp³-hybridized carbons (Fsp3) is 0.267. The fourth-order valence-electron chi connectivity index (χ4n) is 1.88. The molecule has 2 aromatic rings. The summed E-state index contributed by atoms with van der Waals surface area (Å²) in [7, 11) is 0. The van der Waals surface area contributed by atoms with E-state index in [1.54, 1.807) is 11.3 Å². The monoisotopic (exact) mass is 244 g/mol. The second-order valence-electron chi connectivity index (χ2n) is 4.25. The van der Waals surface area contributed by atoms with Gasteiger partial charge in [-0.05, 0) is 42.8 Å². The summed E-state index contributed by atoms with van der Waals surface area (Å²) >= 11 is 1.72. The van der Waals surface area contributed by atoms with Gasteiger partial charge in [-0.3, -0.25) is 4.79 Å². The molecular formula is C15H16OS. The van der Waals surface area contributed by atoms with Gasteiger partial charge in [-0.1, -0.05) is 24.3 Å². The van der Waals surface area contributed by atoms with Gasteiger partial charge in [-0.25, -0.2) is 0 Å². The molecule has 2 heteroatoms. The molecule has 0 bridgehead atoms. The largest absolute Gasteiger partial charge is 0.294 e. The molecule has 0 fully saturated rings. The maximum Gasteiger partial charge on any atom is 0.163 e. The Morgan fingerprint density at radius 3 is 2.71 bits per heavy atom. The first kappa shape index (κ1) is 12.1. The van der Waals surface area contributed by atoms with Crippen LogP contribution in [0.25, 0.3) is 0 Å². The first-order valence-electron chi connectivity index (χ1n) is 5.80. The molecule has 0 spiro atoms. The summed E-state index contributed by atoms with van der Waals surface area (Å²) in [5.41, 5.74) is 3.18. The maximum atomic E-state index is 12.1. The molecule has 17 heavy (non-hydrogen) atoms. The number of rotatable bonds is 4. The Morgan fingerprint density at radius 1 is 1.18 bits per heavy atom. The van der Waals surface area contributed by atoms with Crippen LogP contribution in [0.15, 0.2) is 35.7 Å². The Hall–Kier alpha value is -1.41. The van der Waals surface area contributed by atoms with Gasteiger partial charge in [0.25, 0.3) is 0 Å². The summed E-state index contributed by atoms with van der Waals surface area (Å²) in [6.07, 6.45) is 1.45. The van der Waals surface area contributed by atoms with E-state index in [0.717, 1.165) is 17.5 Å². The number of thiophene rings is 1. The summed E-state index contributed by atoms with van der Waals surface area (Å²) < 4.78 is 0. The van der Waals surface area contributed by atoms with Crippen LogP contribution in [-0.4, -0.2) is 5.78 Å². The Balaban J connectivity index is 2.07. The molecule has 0 aliphatic carbocycles. The maximum absolute atomic E-state index is 12.1. The molecule has 0 N–H and O–H groups in total. The Labute approximate surface area is 106 Å². The third-order valence-corrected chi connectivity index (χ3v) is 4.02. The van der Waals surface area contributed by atoms with Crippen LogP contribution in [-0.2, 0) is 6.42 Å². The molecule has 0 amide bonds. The molecule has 0 aliphatic heterocycles. The lowest BCUT2D eigenvalue weighted by Crippen LogP contribution is -2.04. The third-order valence-electron chi connectivity index (χ3n) is 3.08. The molecule has 1 heterocycles. The lowest BCUT2D eigenvalue weighted by atomic mass is 9.98. The van der Waals surface area contributed by atoms with Crippen LogP contribution in [0.3, 0.4) is 0 Å². The standard InChI is InChI=1S/C15H16OS/c1-11-5-3-7-14(12(11)2)15(16)9-8-13-6-4-10-17-13/h3-7,10H,8-9H2,1-2H3. The number of benzene rings is 1. The average molecular weight is 244 g/mol. The van der Waals surface area contributed by atoms with Crippen molar-refractivity contribution in [3.8, 4) is 0 Å². The minimum atomic E-state index is 0.250. The first-order valence-corrected chi connectivity index (χ1v) is 6.68. The van der Waals surface area contributed by atoms with Gasteiger partial charge in [0.15, 0.2) is 5.78 Å². The summed E-state index contributed by atoms with van der Waals surface area (Å²) in [6, 6.07) is 10.1. The van der Waals surface area contributed by atoms with Crippen LogP contribution >= 0.6 is 11.3 Å². The molecule has 1 nitrogen and oxygen atoms in total. The van der Waals surface area contributed by atoms with Crippen LogP contribution < -0.4 is 0 Å². The molecule has 2 rings (SSSR count). The lowest BCUT2D eigenvalue weighted by molar-refractivity contribution is 0.0982. The second kappa shape index (κ2) is 5.28. The highest BCUT2D eigenvalue weighted by molar-refractivity contribution is 7.09. The number of carbonyl (C=O) groups is 1. The molecule has 1 aromatic heterocycles. The first-order chi connectivity index (χ1) is 8.18. The van der Waals surface area contributed by atoms with Crippen molar-refractivity contribution in [2.24, 2.45) is 0 Å². The predicted molar refractivity (Wildman–Crippen MR) is 72.9 cm³/mol. The number of ketones is 1. The van der Waals surface area contributed by atoms with Crippen LogP contribution in [0, 0.1) is 13.8 Å². The molecule has 1 aromatic carbocycles. The summed E-state index contributed by atoms with van der Waals surface area (Å²) in [5, 5.41) is 2.05. The number of Topliss-reactive ketones (excluding diaryl/α,β-unsaturated/α-hetero) is 1.